The number of hydrogen-bond acceptors (Lipinski definition) is 1. The summed E-state index contributed by atoms with van der Waals surface area (Å²) in [4.78, 5) is 10.7. The monoisotopic (exact) mass is 193 g/mol. The summed E-state index contributed by atoms with van der Waals surface area (Å²) in [6, 6.07) is -0.0244. The molecule has 0 bridgehead atoms. The van der Waals surface area contributed by atoms with Crippen LogP contribution in [0, 0.1) is 0 Å². The molecule has 0 heterocycles. The molecule has 1 saturated carbocycles. The minimum atomic E-state index is -0.944. The second kappa shape index (κ2) is 4.65. The van der Waals surface area contributed by atoms with Crippen molar-refractivity contribution >= 4 is 17.5 Å². The maximum absolute atomic E-state index is 11.8. The molecule has 0 unspecified atom stereocenters. The Morgan fingerprint density at radius 1 is 1.50 bits per heavy atom. The van der Waals surface area contributed by atoms with Gasteiger partial charge in [-0.25, -0.2) is 4.39 Å². The van der Waals surface area contributed by atoms with Crippen LogP contribution in [0.25, 0.3) is 0 Å². The van der Waals surface area contributed by atoms with Gasteiger partial charge in [0, 0.05) is 6.04 Å². The Hall–Kier alpha value is -0.310. The van der Waals surface area contributed by atoms with E-state index >= 15 is 0 Å². The fourth-order valence-corrected chi connectivity index (χ4v) is 1.84. The third-order valence-electron chi connectivity index (χ3n) is 2.15. The van der Waals surface area contributed by atoms with Gasteiger partial charge in [-0.05, 0) is 12.8 Å². The third kappa shape index (κ3) is 2.63. The highest BCUT2D eigenvalue weighted by molar-refractivity contribution is 6.21. The Labute approximate surface area is 76.5 Å². The molecule has 2 nitrogen and oxygen atoms in total. The summed E-state index contributed by atoms with van der Waals surface area (Å²) in [6.07, 6.45) is 3.97. The SMILES string of the molecule is O=C(CF)N[C@H]1CCCC[C@H]1Cl. The van der Waals surface area contributed by atoms with Crippen LogP contribution in [-0.2, 0) is 4.79 Å². The zero-order chi connectivity index (χ0) is 8.97. The predicted molar refractivity (Wildman–Crippen MR) is 46.0 cm³/mol. The molecular weight excluding hydrogens is 181 g/mol. The number of nitrogens with one attached hydrogen (secondary N) is 1. The van der Waals surface area contributed by atoms with Crippen molar-refractivity contribution in [1.82, 2.24) is 5.32 Å². The largest absolute Gasteiger partial charge is 0.350 e. The highest BCUT2D eigenvalue weighted by atomic mass is 35.5. The second-order valence-electron chi connectivity index (χ2n) is 3.11. The number of carbonyl (C=O) groups excluding carboxylic acids is 1. The average molecular weight is 194 g/mol. The quantitative estimate of drug-likeness (QED) is 0.664. The van der Waals surface area contributed by atoms with Crippen LogP contribution in [0.1, 0.15) is 25.7 Å². The van der Waals surface area contributed by atoms with Gasteiger partial charge in [-0.15, -0.1) is 11.6 Å². The molecule has 2 atom stereocenters. The molecule has 0 aromatic rings. The van der Waals surface area contributed by atoms with Crippen molar-refractivity contribution in [3.05, 3.63) is 0 Å². The van der Waals surface area contributed by atoms with E-state index in [9.17, 15) is 9.18 Å². The highest BCUT2D eigenvalue weighted by Crippen LogP contribution is 2.22. The first-order valence-electron chi connectivity index (χ1n) is 4.23. The Bertz CT molecular complexity index is 165. The number of halogens is 2. The van der Waals surface area contributed by atoms with Crippen LogP contribution in [-0.4, -0.2) is 24.0 Å². The Morgan fingerprint density at radius 3 is 2.75 bits per heavy atom. The van der Waals surface area contributed by atoms with Crippen LogP contribution >= 0.6 is 11.6 Å². The molecule has 0 spiro atoms. The molecule has 0 aromatic carbocycles. The Morgan fingerprint density at radius 2 is 2.17 bits per heavy atom. The molecular formula is C8H13ClFNO. The first-order chi connectivity index (χ1) is 5.74. The summed E-state index contributed by atoms with van der Waals surface area (Å²) in [7, 11) is 0. The Kier molecular flexibility index (Phi) is 3.79. The third-order valence-corrected chi connectivity index (χ3v) is 2.67. The molecule has 0 radical (unpaired) electrons. The van der Waals surface area contributed by atoms with Gasteiger partial charge in [-0.2, -0.15) is 0 Å². The van der Waals surface area contributed by atoms with E-state index in [1.807, 2.05) is 0 Å². The van der Waals surface area contributed by atoms with Crippen molar-refractivity contribution in [3.8, 4) is 0 Å². The molecule has 1 rings (SSSR count). The Balaban J connectivity index is 2.33. The van der Waals surface area contributed by atoms with Gasteiger partial charge < -0.3 is 5.32 Å². The van der Waals surface area contributed by atoms with Gasteiger partial charge in [0.15, 0.2) is 6.67 Å². The summed E-state index contributed by atoms with van der Waals surface area (Å²) in [5.74, 6) is -0.549. The molecule has 1 aliphatic rings. The lowest BCUT2D eigenvalue weighted by atomic mass is 9.95. The zero-order valence-corrected chi connectivity index (χ0v) is 7.61. The lowest BCUT2D eigenvalue weighted by Gasteiger charge is -2.27. The molecule has 1 aliphatic carbocycles. The maximum atomic E-state index is 11.8. The zero-order valence-electron chi connectivity index (χ0n) is 6.85. The topological polar surface area (TPSA) is 29.1 Å². The minimum absolute atomic E-state index is 0.0192. The van der Waals surface area contributed by atoms with Crippen LogP contribution < -0.4 is 5.32 Å². The van der Waals surface area contributed by atoms with Crippen LogP contribution in [0.15, 0.2) is 0 Å². The minimum Gasteiger partial charge on any atom is -0.350 e. The molecule has 1 fully saturated rings. The molecule has 0 saturated heterocycles. The van der Waals surface area contributed by atoms with Crippen molar-refractivity contribution < 1.29 is 9.18 Å². The van der Waals surface area contributed by atoms with Gasteiger partial charge >= 0.3 is 0 Å². The van der Waals surface area contributed by atoms with Crippen molar-refractivity contribution in [2.24, 2.45) is 0 Å². The summed E-state index contributed by atoms with van der Waals surface area (Å²) in [5.41, 5.74) is 0. The van der Waals surface area contributed by atoms with Crippen LogP contribution in [0.3, 0.4) is 0 Å². The summed E-state index contributed by atoms with van der Waals surface area (Å²) >= 11 is 5.95. The summed E-state index contributed by atoms with van der Waals surface area (Å²) in [6.45, 7) is -0.944. The molecule has 0 aromatic heterocycles. The van der Waals surface area contributed by atoms with Gasteiger partial charge in [-0.1, -0.05) is 12.8 Å². The number of alkyl halides is 2. The number of amides is 1. The van der Waals surface area contributed by atoms with Gasteiger partial charge in [0.25, 0.3) is 5.91 Å². The predicted octanol–water partition coefficient (Wildman–Crippen LogP) is 1.62. The van der Waals surface area contributed by atoms with E-state index in [0.29, 0.717) is 0 Å². The molecule has 1 amide bonds. The lowest BCUT2D eigenvalue weighted by molar-refractivity contribution is -0.122. The van der Waals surface area contributed by atoms with E-state index in [1.54, 1.807) is 0 Å². The first kappa shape index (κ1) is 9.78. The van der Waals surface area contributed by atoms with Gasteiger partial charge in [0.2, 0.25) is 0 Å². The number of rotatable bonds is 2. The number of carbonyl (C=O) groups is 1. The lowest BCUT2D eigenvalue weighted by Crippen LogP contribution is -2.43. The van der Waals surface area contributed by atoms with E-state index in [1.165, 1.54) is 0 Å². The summed E-state index contributed by atoms with van der Waals surface area (Å²) < 4.78 is 11.8. The van der Waals surface area contributed by atoms with Crippen LogP contribution in [0.2, 0.25) is 0 Å². The standard InChI is InChI=1S/C8H13ClFNO/c9-6-3-1-2-4-7(6)11-8(12)5-10/h6-7H,1-5H2,(H,11,12)/t6-,7+/m1/s1. The fraction of sp³-hybridized carbons (Fsp3) is 0.875. The maximum Gasteiger partial charge on any atom is 0.251 e. The van der Waals surface area contributed by atoms with Crippen LogP contribution in [0.4, 0.5) is 4.39 Å². The van der Waals surface area contributed by atoms with Gasteiger partial charge in [0.1, 0.15) is 0 Å². The smallest absolute Gasteiger partial charge is 0.251 e. The molecule has 1 N–H and O–H groups in total. The summed E-state index contributed by atoms with van der Waals surface area (Å²) in [5, 5.41) is 2.55. The molecule has 4 heteroatoms. The number of hydrogen-bond donors (Lipinski definition) is 1. The normalized spacial score (nSPS) is 29.8. The second-order valence-corrected chi connectivity index (χ2v) is 3.67. The van der Waals surface area contributed by atoms with Crippen molar-refractivity contribution in [1.29, 1.82) is 0 Å². The van der Waals surface area contributed by atoms with Crippen molar-refractivity contribution in [2.45, 2.75) is 37.1 Å². The highest BCUT2D eigenvalue weighted by Gasteiger charge is 2.24. The van der Waals surface area contributed by atoms with Crippen molar-refractivity contribution in [2.75, 3.05) is 6.67 Å². The van der Waals surface area contributed by atoms with Gasteiger partial charge in [0.05, 0.1) is 5.38 Å². The van der Waals surface area contributed by atoms with Crippen molar-refractivity contribution in [3.63, 3.8) is 0 Å². The molecule has 12 heavy (non-hydrogen) atoms. The van der Waals surface area contributed by atoms with E-state index in [0.717, 1.165) is 25.7 Å². The fourth-order valence-electron chi connectivity index (χ4n) is 1.49. The van der Waals surface area contributed by atoms with Crippen LogP contribution in [0.5, 0.6) is 0 Å². The van der Waals surface area contributed by atoms with E-state index in [4.69, 9.17) is 11.6 Å². The van der Waals surface area contributed by atoms with Gasteiger partial charge in [-0.3, -0.25) is 4.79 Å². The molecule has 0 aliphatic heterocycles. The van der Waals surface area contributed by atoms with E-state index in [2.05, 4.69) is 5.32 Å². The first-order valence-corrected chi connectivity index (χ1v) is 4.67. The molecule has 70 valence electrons. The van der Waals surface area contributed by atoms with E-state index in [-0.39, 0.29) is 11.4 Å². The van der Waals surface area contributed by atoms with E-state index < -0.39 is 12.6 Å². The average Bonchev–Trinajstić information content (AvgIpc) is 2.09.